The van der Waals surface area contributed by atoms with E-state index in [9.17, 15) is 4.79 Å². The molecule has 0 spiro atoms. The molecule has 4 nitrogen and oxygen atoms in total. The molecule has 1 unspecified atom stereocenters. The summed E-state index contributed by atoms with van der Waals surface area (Å²) in [7, 11) is 0. The molecule has 0 aromatic carbocycles. The second-order valence-electron chi connectivity index (χ2n) is 4.92. The highest BCUT2D eigenvalue weighted by Crippen LogP contribution is 2.03. The zero-order valence-corrected chi connectivity index (χ0v) is 13.1. The number of ether oxygens (including phenoxy) is 1. The molecular formula is C16H32O4. The summed E-state index contributed by atoms with van der Waals surface area (Å²) >= 11 is 0. The molecule has 20 heavy (non-hydrogen) atoms. The van der Waals surface area contributed by atoms with Crippen LogP contribution in [0.15, 0.2) is 12.7 Å². The normalized spacial score (nSPS) is 11.2. The van der Waals surface area contributed by atoms with Crippen molar-refractivity contribution in [2.24, 2.45) is 5.92 Å². The van der Waals surface area contributed by atoms with Crippen molar-refractivity contribution >= 4 is 5.97 Å². The van der Waals surface area contributed by atoms with Gasteiger partial charge in [-0.05, 0) is 18.8 Å². The summed E-state index contributed by atoms with van der Waals surface area (Å²) in [6, 6.07) is 0. The van der Waals surface area contributed by atoms with E-state index in [1.54, 1.807) is 0 Å². The molecule has 0 aromatic heterocycles. The highest BCUT2D eigenvalue weighted by molar-refractivity contribution is 5.81. The molecule has 0 rings (SSSR count). The van der Waals surface area contributed by atoms with Crippen LogP contribution in [0, 0.1) is 5.92 Å². The smallest absolute Gasteiger partial charge is 0.330 e. The molecule has 0 saturated heterocycles. The molecule has 120 valence electrons. The molecule has 0 aliphatic carbocycles. The van der Waals surface area contributed by atoms with Crippen molar-refractivity contribution < 1.29 is 19.7 Å². The Morgan fingerprint density at radius 2 is 1.55 bits per heavy atom. The Labute approximate surface area is 123 Å². The van der Waals surface area contributed by atoms with Gasteiger partial charge in [0.1, 0.15) is 0 Å². The van der Waals surface area contributed by atoms with Gasteiger partial charge >= 0.3 is 5.97 Å². The van der Waals surface area contributed by atoms with Crippen molar-refractivity contribution in [3.63, 3.8) is 0 Å². The third-order valence-electron chi connectivity index (χ3n) is 2.94. The zero-order chi connectivity index (χ0) is 15.6. The topological polar surface area (TPSA) is 66.8 Å². The number of aliphatic hydroxyl groups excluding tert-OH is 2. The van der Waals surface area contributed by atoms with Crippen LogP contribution in [0.2, 0.25) is 0 Å². The Bertz CT molecular complexity index is 209. The highest BCUT2D eigenvalue weighted by atomic mass is 16.5. The molecule has 4 heteroatoms. The number of esters is 1. The summed E-state index contributed by atoms with van der Waals surface area (Å²) in [6.07, 6.45) is 8.72. The van der Waals surface area contributed by atoms with Crippen LogP contribution in [-0.4, -0.2) is 36.0 Å². The van der Waals surface area contributed by atoms with Gasteiger partial charge in [0.25, 0.3) is 0 Å². The molecule has 0 heterocycles. The van der Waals surface area contributed by atoms with Crippen LogP contribution >= 0.6 is 0 Å². The number of unbranched alkanes of at least 4 members (excludes halogenated alkanes) is 5. The van der Waals surface area contributed by atoms with Gasteiger partial charge in [0.15, 0.2) is 0 Å². The number of rotatable bonds is 11. The lowest BCUT2D eigenvalue weighted by Gasteiger charge is -2.06. The third kappa shape index (κ3) is 19.5. The third-order valence-corrected chi connectivity index (χ3v) is 2.94. The maximum Gasteiger partial charge on any atom is 0.330 e. The van der Waals surface area contributed by atoms with Gasteiger partial charge in [-0.1, -0.05) is 52.5 Å². The van der Waals surface area contributed by atoms with E-state index >= 15 is 0 Å². The minimum absolute atomic E-state index is 0.319. The Morgan fingerprint density at radius 1 is 1.10 bits per heavy atom. The quantitative estimate of drug-likeness (QED) is 0.348. The van der Waals surface area contributed by atoms with Crippen molar-refractivity contribution in [2.75, 3.05) is 19.8 Å². The van der Waals surface area contributed by atoms with Crippen LogP contribution in [0.1, 0.15) is 58.8 Å². The molecule has 0 aliphatic heterocycles. The van der Waals surface area contributed by atoms with Gasteiger partial charge in [-0.2, -0.15) is 0 Å². The predicted molar refractivity (Wildman–Crippen MR) is 82.5 cm³/mol. The fourth-order valence-electron chi connectivity index (χ4n) is 1.33. The van der Waals surface area contributed by atoms with Gasteiger partial charge in [-0.3, -0.25) is 0 Å². The van der Waals surface area contributed by atoms with Gasteiger partial charge in [-0.15, -0.1) is 0 Å². The summed E-state index contributed by atoms with van der Waals surface area (Å²) in [6.45, 7) is 8.53. The van der Waals surface area contributed by atoms with E-state index in [4.69, 9.17) is 14.9 Å². The van der Waals surface area contributed by atoms with Crippen LogP contribution < -0.4 is 0 Å². The fourth-order valence-corrected chi connectivity index (χ4v) is 1.33. The van der Waals surface area contributed by atoms with Crippen molar-refractivity contribution in [3.05, 3.63) is 12.7 Å². The second kappa shape index (κ2) is 18.1. The second-order valence-corrected chi connectivity index (χ2v) is 4.92. The number of carbonyl (C=O) groups excluding carboxylic acids is 1. The zero-order valence-electron chi connectivity index (χ0n) is 13.1. The van der Waals surface area contributed by atoms with Gasteiger partial charge in [0.2, 0.25) is 0 Å². The minimum atomic E-state index is -0.333. The van der Waals surface area contributed by atoms with E-state index < -0.39 is 0 Å². The monoisotopic (exact) mass is 288 g/mol. The van der Waals surface area contributed by atoms with Crippen molar-refractivity contribution in [2.45, 2.75) is 58.8 Å². The summed E-state index contributed by atoms with van der Waals surface area (Å²) in [5, 5.41) is 16.9. The highest BCUT2D eigenvalue weighted by Gasteiger charge is 2.00. The minimum Gasteiger partial charge on any atom is -0.462 e. The number of carbonyl (C=O) groups is 1. The van der Waals surface area contributed by atoms with Gasteiger partial charge in [-0.25, -0.2) is 4.79 Å². The Kier molecular flexibility index (Phi) is 19.4. The lowest BCUT2D eigenvalue weighted by Crippen LogP contribution is -2.08. The summed E-state index contributed by atoms with van der Waals surface area (Å²) in [5.41, 5.74) is 0. The fraction of sp³-hybridized carbons (Fsp3) is 0.812. The largest absolute Gasteiger partial charge is 0.462 e. The first-order valence-corrected chi connectivity index (χ1v) is 7.63. The standard InChI is InChI=1S/C8H14O2.C8H18O2/c1-4-7(3)6-10-8(9)5-2;9-7-5-3-1-2-4-6-8-10/h5,7H,2,4,6H2,1,3H3;9-10H,1-8H2. The lowest BCUT2D eigenvalue weighted by atomic mass is 10.1. The first-order valence-electron chi connectivity index (χ1n) is 7.63. The van der Waals surface area contributed by atoms with E-state index in [0.717, 1.165) is 32.1 Å². The van der Waals surface area contributed by atoms with Crippen molar-refractivity contribution in [1.82, 2.24) is 0 Å². The molecule has 2 N–H and O–H groups in total. The molecule has 1 atom stereocenters. The molecule has 0 amide bonds. The van der Waals surface area contributed by atoms with E-state index in [1.165, 1.54) is 18.9 Å². The first kappa shape index (κ1) is 21.4. The van der Waals surface area contributed by atoms with E-state index in [1.807, 2.05) is 6.92 Å². The maximum atomic E-state index is 10.5. The molecule has 0 saturated carbocycles. The average Bonchev–Trinajstić information content (AvgIpc) is 2.48. The van der Waals surface area contributed by atoms with E-state index in [2.05, 4.69) is 13.5 Å². The SMILES string of the molecule is C=CC(=O)OCC(C)CC.OCCCCCCCCO. The van der Waals surface area contributed by atoms with Gasteiger partial charge in [0, 0.05) is 19.3 Å². The van der Waals surface area contributed by atoms with E-state index in [-0.39, 0.29) is 5.97 Å². The summed E-state index contributed by atoms with van der Waals surface area (Å²) in [4.78, 5) is 10.5. The predicted octanol–water partition coefficient (Wildman–Crippen LogP) is 3.07. The summed E-state index contributed by atoms with van der Waals surface area (Å²) in [5.74, 6) is 0.115. The molecule has 0 fully saturated rings. The number of hydrogen-bond donors (Lipinski definition) is 2. The molecule has 0 bridgehead atoms. The van der Waals surface area contributed by atoms with Gasteiger partial charge in [0.05, 0.1) is 6.61 Å². The molecule has 0 radical (unpaired) electrons. The molecule has 0 aliphatic rings. The van der Waals surface area contributed by atoms with Crippen LogP contribution in [0.4, 0.5) is 0 Å². The van der Waals surface area contributed by atoms with Crippen molar-refractivity contribution in [1.29, 1.82) is 0 Å². The molecule has 0 aromatic rings. The van der Waals surface area contributed by atoms with E-state index in [0.29, 0.717) is 25.7 Å². The Morgan fingerprint density at radius 3 is 1.90 bits per heavy atom. The van der Waals surface area contributed by atoms with Gasteiger partial charge < -0.3 is 14.9 Å². The van der Waals surface area contributed by atoms with Crippen LogP contribution in [-0.2, 0) is 9.53 Å². The number of hydrogen-bond acceptors (Lipinski definition) is 4. The first-order chi connectivity index (χ1) is 9.62. The molecular weight excluding hydrogens is 256 g/mol. The summed E-state index contributed by atoms with van der Waals surface area (Å²) < 4.78 is 4.79. The Hall–Kier alpha value is -0.870. The van der Waals surface area contributed by atoms with Crippen molar-refractivity contribution in [3.8, 4) is 0 Å². The average molecular weight is 288 g/mol. The lowest BCUT2D eigenvalue weighted by molar-refractivity contribution is -0.138. The number of aliphatic hydroxyl groups is 2. The maximum absolute atomic E-state index is 10.5. The Balaban J connectivity index is 0. The van der Waals surface area contributed by atoms with Crippen LogP contribution in [0.5, 0.6) is 0 Å². The van der Waals surface area contributed by atoms with Crippen LogP contribution in [0.25, 0.3) is 0 Å². The van der Waals surface area contributed by atoms with Crippen LogP contribution in [0.3, 0.4) is 0 Å².